The third kappa shape index (κ3) is 2.46. The normalized spacial score (nSPS) is 11.2. The number of rotatable bonds is 3. The Labute approximate surface area is 121 Å². The van der Waals surface area contributed by atoms with Crippen molar-refractivity contribution in [2.45, 2.75) is 19.9 Å². The van der Waals surface area contributed by atoms with Crippen LogP contribution in [0.15, 0.2) is 36.4 Å². The van der Waals surface area contributed by atoms with Gasteiger partial charge in [0.15, 0.2) is 11.6 Å². The molecule has 0 unspecified atom stereocenters. The van der Waals surface area contributed by atoms with Gasteiger partial charge in [0.25, 0.3) is 0 Å². The highest BCUT2D eigenvalue weighted by Crippen LogP contribution is 2.23. The van der Waals surface area contributed by atoms with Crippen LogP contribution in [0, 0.1) is 18.6 Å². The number of benzene rings is 2. The summed E-state index contributed by atoms with van der Waals surface area (Å²) in [5.41, 5.74) is 8.60. The molecule has 0 atom stereocenters. The third-order valence-electron chi connectivity index (χ3n) is 3.54. The summed E-state index contributed by atoms with van der Waals surface area (Å²) in [4.78, 5) is 4.08. The molecule has 0 saturated carbocycles. The Balaban J connectivity index is 1.97. The average Bonchev–Trinajstić information content (AvgIpc) is 2.77. The number of fused-ring (bicyclic) bond motifs is 1. The first-order valence-corrected chi connectivity index (χ1v) is 6.71. The number of aryl methyl sites for hydroxylation is 3. The molecule has 5 heteroatoms. The summed E-state index contributed by atoms with van der Waals surface area (Å²) in [5, 5.41) is 0. The highest BCUT2D eigenvalue weighted by Gasteiger charge is 2.15. The lowest BCUT2D eigenvalue weighted by Gasteiger charge is -2.08. The predicted molar refractivity (Wildman–Crippen MR) is 78.9 cm³/mol. The zero-order valence-electron chi connectivity index (χ0n) is 11.6. The topological polar surface area (TPSA) is 43.8 Å². The zero-order chi connectivity index (χ0) is 15.0. The highest BCUT2D eigenvalue weighted by molar-refractivity contribution is 5.79. The Kier molecular flexibility index (Phi) is 3.33. The number of imidazole rings is 1. The van der Waals surface area contributed by atoms with E-state index in [9.17, 15) is 8.78 Å². The Morgan fingerprint density at radius 2 is 2.00 bits per heavy atom. The standard InChI is InChI=1S/C16H15F2N3/c1-10-3-2-4-11(9-10)7-8-21-15-13(20-16(21)19)6-5-12(17)14(15)18/h2-6,9H,7-8H2,1H3,(H2,19,20). The van der Waals surface area contributed by atoms with Crippen molar-refractivity contribution in [3.63, 3.8) is 0 Å². The van der Waals surface area contributed by atoms with Gasteiger partial charge in [-0.05, 0) is 31.0 Å². The molecule has 0 fully saturated rings. The number of nitrogens with two attached hydrogens (primary N) is 1. The minimum atomic E-state index is -0.902. The summed E-state index contributed by atoms with van der Waals surface area (Å²) >= 11 is 0. The first-order valence-electron chi connectivity index (χ1n) is 6.71. The summed E-state index contributed by atoms with van der Waals surface area (Å²) < 4.78 is 28.9. The Morgan fingerprint density at radius 1 is 1.19 bits per heavy atom. The van der Waals surface area contributed by atoms with Gasteiger partial charge in [0.2, 0.25) is 5.95 Å². The zero-order valence-corrected chi connectivity index (χ0v) is 11.6. The quantitative estimate of drug-likeness (QED) is 0.802. The van der Waals surface area contributed by atoms with Gasteiger partial charge in [-0.1, -0.05) is 29.8 Å². The van der Waals surface area contributed by atoms with Gasteiger partial charge < -0.3 is 10.3 Å². The molecular formula is C16H15F2N3. The smallest absolute Gasteiger partial charge is 0.201 e. The summed E-state index contributed by atoms with van der Waals surface area (Å²) in [5.74, 6) is -1.60. The van der Waals surface area contributed by atoms with Crippen LogP contribution in [-0.4, -0.2) is 9.55 Å². The van der Waals surface area contributed by atoms with Crippen molar-refractivity contribution in [2.75, 3.05) is 5.73 Å². The van der Waals surface area contributed by atoms with Crippen molar-refractivity contribution in [2.24, 2.45) is 0 Å². The molecule has 2 N–H and O–H groups in total. The Morgan fingerprint density at radius 3 is 2.76 bits per heavy atom. The van der Waals surface area contributed by atoms with Crippen LogP contribution in [-0.2, 0) is 13.0 Å². The second-order valence-corrected chi connectivity index (χ2v) is 5.09. The Bertz CT molecular complexity index is 809. The second-order valence-electron chi connectivity index (χ2n) is 5.09. The minimum absolute atomic E-state index is 0.125. The largest absolute Gasteiger partial charge is 0.369 e. The molecule has 0 amide bonds. The number of aromatic nitrogens is 2. The SMILES string of the molecule is Cc1cccc(CCn2c(N)nc3ccc(F)c(F)c32)c1. The van der Waals surface area contributed by atoms with Crippen molar-refractivity contribution < 1.29 is 8.78 Å². The molecule has 2 aromatic carbocycles. The van der Waals surface area contributed by atoms with Crippen LogP contribution in [0.25, 0.3) is 11.0 Å². The molecule has 0 bridgehead atoms. The molecular weight excluding hydrogens is 272 g/mol. The third-order valence-corrected chi connectivity index (χ3v) is 3.54. The van der Waals surface area contributed by atoms with E-state index in [2.05, 4.69) is 11.1 Å². The van der Waals surface area contributed by atoms with E-state index >= 15 is 0 Å². The van der Waals surface area contributed by atoms with Crippen LogP contribution in [0.5, 0.6) is 0 Å². The van der Waals surface area contributed by atoms with E-state index in [-0.39, 0.29) is 11.5 Å². The van der Waals surface area contributed by atoms with Crippen LogP contribution >= 0.6 is 0 Å². The lowest BCUT2D eigenvalue weighted by atomic mass is 10.1. The predicted octanol–water partition coefficient (Wildman–Crippen LogP) is 3.45. The number of nitrogens with zero attached hydrogens (tertiary/aromatic N) is 2. The van der Waals surface area contributed by atoms with Crippen molar-refractivity contribution >= 4 is 17.0 Å². The molecule has 21 heavy (non-hydrogen) atoms. The molecule has 3 rings (SSSR count). The van der Waals surface area contributed by atoms with E-state index in [4.69, 9.17) is 5.73 Å². The number of nitrogen functional groups attached to an aromatic ring is 1. The van der Waals surface area contributed by atoms with Gasteiger partial charge in [-0.15, -0.1) is 0 Å². The molecule has 0 aliphatic carbocycles. The molecule has 0 radical (unpaired) electrons. The Hall–Kier alpha value is -2.43. The van der Waals surface area contributed by atoms with Crippen molar-refractivity contribution in [1.29, 1.82) is 0 Å². The second kappa shape index (κ2) is 5.16. The lowest BCUT2D eigenvalue weighted by molar-refractivity contribution is 0.511. The molecule has 0 aliphatic rings. The average molecular weight is 287 g/mol. The molecule has 108 valence electrons. The van der Waals surface area contributed by atoms with Gasteiger partial charge in [0, 0.05) is 6.54 Å². The van der Waals surface area contributed by atoms with Crippen LogP contribution in [0.3, 0.4) is 0 Å². The van der Waals surface area contributed by atoms with Crippen LogP contribution in [0.4, 0.5) is 14.7 Å². The van der Waals surface area contributed by atoms with Crippen LogP contribution in [0.2, 0.25) is 0 Å². The van der Waals surface area contributed by atoms with E-state index < -0.39 is 11.6 Å². The van der Waals surface area contributed by atoms with Gasteiger partial charge in [-0.25, -0.2) is 13.8 Å². The summed E-state index contributed by atoms with van der Waals surface area (Å²) in [7, 11) is 0. The molecule has 0 saturated heterocycles. The maximum atomic E-state index is 14.0. The molecule has 1 heterocycles. The molecule has 1 aromatic heterocycles. The fourth-order valence-electron chi connectivity index (χ4n) is 2.51. The number of anilines is 1. The first kappa shape index (κ1) is 13.5. The first-order chi connectivity index (χ1) is 10.1. The van der Waals surface area contributed by atoms with Gasteiger partial charge in [-0.3, -0.25) is 0 Å². The monoisotopic (exact) mass is 287 g/mol. The summed E-state index contributed by atoms with van der Waals surface area (Å²) in [6.45, 7) is 2.46. The van der Waals surface area contributed by atoms with Crippen molar-refractivity contribution in [1.82, 2.24) is 9.55 Å². The fourth-order valence-corrected chi connectivity index (χ4v) is 2.51. The highest BCUT2D eigenvalue weighted by atomic mass is 19.2. The molecule has 3 nitrogen and oxygen atoms in total. The van der Waals surface area contributed by atoms with Gasteiger partial charge in [-0.2, -0.15) is 0 Å². The maximum Gasteiger partial charge on any atom is 0.201 e. The maximum absolute atomic E-state index is 14.0. The van der Waals surface area contributed by atoms with E-state index in [0.717, 1.165) is 17.2 Å². The summed E-state index contributed by atoms with van der Waals surface area (Å²) in [6.07, 6.45) is 0.674. The van der Waals surface area contributed by atoms with Gasteiger partial charge in [0.05, 0.1) is 5.52 Å². The van der Waals surface area contributed by atoms with Gasteiger partial charge >= 0.3 is 0 Å². The minimum Gasteiger partial charge on any atom is -0.369 e. The number of hydrogen-bond acceptors (Lipinski definition) is 2. The number of hydrogen-bond donors (Lipinski definition) is 1. The molecule has 0 spiro atoms. The summed E-state index contributed by atoms with van der Waals surface area (Å²) in [6, 6.07) is 10.5. The van der Waals surface area contributed by atoms with E-state index in [0.29, 0.717) is 18.5 Å². The van der Waals surface area contributed by atoms with E-state index in [1.165, 1.54) is 10.6 Å². The van der Waals surface area contributed by atoms with Crippen LogP contribution in [0.1, 0.15) is 11.1 Å². The van der Waals surface area contributed by atoms with E-state index in [1.807, 2.05) is 25.1 Å². The van der Waals surface area contributed by atoms with Gasteiger partial charge in [0.1, 0.15) is 5.52 Å². The van der Waals surface area contributed by atoms with Crippen molar-refractivity contribution in [3.8, 4) is 0 Å². The lowest BCUT2D eigenvalue weighted by Crippen LogP contribution is -2.07. The molecule has 0 aliphatic heterocycles. The van der Waals surface area contributed by atoms with Crippen molar-refractivity contribution in [3.05, 3.63) is 59.2 Å². The number of halogens is 2. The fraction of sp³-hybridized carbons (Fsp3) is 0.188. The molecule has 3 aromatic rings. The van der Waals surface area contributed by atoms with Crippen LogP contribution < -0.4 is 5.73 Å². The van der Waals surface area contributed by atoms with E-state index in [1.54, 1.807) is 0 Å².